The van der Waals surface area contributed by atoms with Gasteiger partial charge in [-0.2, -0.15) is 0 Å². The summed E-state index contributed by atoms with van der Waals surface area (Å²) in [6, 6.07) is 17.3. The topological polar surface area (TPSA) is 163 Å². The van der Waals surface area contributed by atoms with E-state index >= 15 is 0 Å². The first-order valence-corrected chi connectivity index (χ1v) is 10.9. The van der Waals surface area contributed by atoms with Crippen molar-refractivity contribution in [2.75, 3.05) is 5.32 Å². The Balaban J connectivity index is 1.62. The number of aromatic hydroxyl groups is 2. The van der Waals surface area contributed by atoms with Crippen LogP contribution in [0.2, 0.25) is 0 Å². The first-order valence-electron chi connectivity index (χ1n) is 10.1. The van der Waals surface area contributed by atoms with Gasteiger partial charge >= 0.3 is 11.7 Å². The van der Waals surface area contributed by atoms with Crippen LogP contribution in [-0.2, 0) is 11.2 Å². The molecule has 176 valence electrons. The average molecular weight is 491 g/mol. The Labute approximate surface area is 201 Å². The van der Waals surface area contributed by atoms with Crippen molar-refractivity contribution in [3.05, 3.63) is 87.4 Å². The van der Waals surface area contributed by atoms with Gasteiger partial charge < -0.3 is 20.6 Å². The summed E-state index contributed by atoms with van der Waals surface area (Å²) in [5.41, 5.74) is 0.697. The van der Waals surface area contributed by atoms with Gasteiger partial charge in [0, 0.05) is 32.6 Å². The van der Waals surface area contributed by atoms with Crippen LogP contribution in [0.4, 0.5) is 11.4 Å². The number of para-hydroxylation sites is 1. The summed E-state index contributed by atoms with van der Waals surface area (Å²) in [5, 5.41) is 42.9. The third kappa shape index (κ3) is 4.94. The van der Waals surface area contributed by atoms with E-state index in [-0.39, 0.29) is 23.4 Å². The van der Waals surface area contributed by atoms with Gasteiger partial charge in [0.05, 0.1) is 17.0 Å². The summed E-state index contributed by atoms with van der Waals surface area (Å²) in [7, 11) is 0. The molecule has 0 atom stereocenters. The molecule has 10 nitrogen and oxygen atoms in total. The molecular formula is C24H17N3O7S. The molecule has 2 heterocycles. The number of pyridine rings is 1. The number of anilines is 1. The number of phenols is 2. The smallest absolute Gasteiger partial charge is 0.314 e. The molecular weight excluding hydrogens is 474 g/mol. The van der Waals surface area contributed by atoms with E-state index in [4.69, 9.17) is 5.11 Å². The quantitative estimate of drug-likeness (QED) is 0.164. The highest BCUT2D eigenvalue weighted by atomic mass is 32.1. The first kappa shape index (κ1) is 23.4. The number of carboxylic acids is 1. The van der Waals surface area contributed by atoms with Crippen LogP contribution in [0.15, 0.2) is 66.7 Å². The number of nitro groups is 1. The van der Waals surface area contributed by atoms with Crippen LogP contribution >= 0.6 is 11.3 Å². The molecule has 4 aromatic rings. The average Bonchev–Trinajstić information content (AvgIpc) is 3.28. The summed E-state index contributed by atoms with van der Waals surface area (Å²) in [6.45, 7) is 0. The minimum Gasteiger partial charge on any atom is -0.504 e. The van der Waals surface area contributed by atoms with Crippen molar-refractivity contribution in [2.45, 2.75) is 6.42 Å². The second-order valence-corrected chi connectivity index (χ2v) is 8.50. The van der Waals surface area contributed by atoms with Crippen LogP contribution < -0.4 is 5.32 Å². The van der Waals surface area contributed by atoms with Crippen LogP contribution in [0, 0.1) is 10.1 Å². The Kier molecular flexibility index (Phi) is 6.42. The molecule has 0 radical (unpaired) electrons. The highest BCUT2D eigenvalue weighted by molar-refractivity contribution is 7.15. The van der Waals surface area contributed by atoms with Crippen LogP contribution in [-0.4, -0.2) is 37.1 Å². The molecule has 0 saturated heterocycles. The Morgan fingerprint density at radius 1 is 0.943 bits per heavy atom. The van der Waals surface area contributed by atoms with Crippen molar-refractivity contribution in [1.29, 1.82) is 0 Å². The van der Waals surface area contributed by atoms with Crippen molar-refractivity contribution >= 4 is 34.6 Å². The van der Waals surface area contributed by atoms with Gasteiger partial charge in [-0.05, 0) is 36.4 Å². The van der Waals surface area contributed by atoms with Gasteiger partial charge in [-0.1, -0.05) is 24.3 Å². The molecule has 1 amide bonds. The van der Waals surface area contributed by atoms with E-state index in [2.05, 4.69) is 10.3 Å². The predicted molar refractivity (Wildman–Crippen MR) is 129 cm³/mol. The number of hydrogen-bond donors (Lipinski definition) is 4. The van der Waals surface area contributed by atoms with Gasteiger partial charge in [-0.3, -0.25) is 19.7 Å². The van der Waals surface area contributed by atoms with Gasteiger partial charge in [-0.15, -0.1) is 11.3 Å². The van der Waals surface area contributed by atoms with Gasteiger partial charge in [-0.25, -0.2) is 4.98 Å². The minimum atomic E-state index is -0.932. The number of nitrogens with one attached hydrogen (secondary N) is 1. The lowest BCUT2D eigenvalue weighted by Gasteiger charge is -2.11. The van der Waals surface area contributed by atoms with E-state index in [1.54, 1.807) is 36.4 Å². The maximum atomic E-state index is 13.0. The molecule has 0 aliphatic carbocycles. The SMILES string of the molecule is O=C(O)Cc1ccc(-c2ccccc2NC(=O)c2cccc(-c3ccc([N+](=O)[O-])c(O)c3O)n2)s1. The van der Waals surface area contributed by atoms with E-state index < -0.39 is 34.0 Å². The number of benzene rings is 2. The number of hydrogen-bond acceptors (Lipinski definition) is 8. The third-order valence-corrected chi connectivity index (χ3v) is 6.13. The maximum Gasteiger partial charge on any atom is 0.314 e. The second kappa shape index (κ2) is 9.61. The fraction of sp³-hybridized carbons (Fsp3) is 0.0417. The molecule has 0 fully saturated rings. The summed E-state index contributed by atoms with van der Waals surface area (Å²) < 4.78 is 0. The number of amides is 1. The van der Waals surface area contributed by atoms with Crippen LogP contribution in [0.25, 0.3) is 21.7 Å². The predicted octanol–water partition coefficient (Wildman–Crippen LogP) is 4.68. The van der Waals surface area contributed by atoms with Crippen molar-refractivity contribution in [2.24, 2.45) is 0 Å². The molecule has 4 rings (SSSR count). The number of carbonyl (C=O) groups is 2. The first-order chi connectivity index (χ1) is 16.7. The standard InChI is InChI=1S/C24H17N3O7S/c28-21(29)12-13-8-11-20(35-13)14-4-1-2-5-16(14)26-24(32)18-7-3-6-17(25-18)15-9-10-19(27(33)34)23(31)22(15)30/h1-11,30-31H,12H2,(H,26,32)(H,28,29). The van der Waals surface area contributed by atoms with Crippen molar-refractivity contribution in [3.63, 3.8) is 0 Å². The number of rotatable bonds is 7. The van der Waals surface area contributed by atoms with Crippen molar-refractivity contribution in [3.8, 4) is 33.2 Å². The van der Waals surface area contributed by atoms with E-state index in [0.29, 0.717) is 16.1 Å². The lowest BCUT2D eigenvalue weighted by molar-refractivity contribution is -0.385. The van der Waals surface area contributed by atoms with Crippen LogP contribution in [0.5, 0.6) is 11.5 Å². The molecule has 35 heavy (non-hydrogen) atoms. The van der Waals surface area contributed by atoms with E-state index in [1.165, 1.54) is 35.6 Å². The number of aromatic nitrogens is 1. The molecule has 0 aliphatic heterocycles. The molecule has 0 saturated carbocycles. The summed E-state index contributed by atoms with van der Waals surface area (Å²) in [6.07, 6.45) is -0.0963. The number of carboxylic acid groups (broad SMARTS) is 1. The van der Waals surface area contributed by atoms with Crippen molar-refractivity contribution in [1.82, 2.24) is 4.98 Å². The zero-order valence-electron chi connectivity index (χ0n) is 17.8. The number of aliphatic carboxylic acids is 1. The monoisotopic (exact) mass is 491 g/mol. The van der Waals surface area contributed by atoms with Crippen LogP contribution in [0.1, 0.15) is 15.4 Å². The van der Waals surface area contributed by atoms with E-state index in [9.17, 15) is 29.9 Å². The maximum absolute atomic E-state index is 13.0. The lowest BCUT2D eigenvalue weighted by atomic mass is 10.1. The Morgan fingerprint density at radius 2 is 1.71 bits per heavy atom. The third-order valence-electron chi connectivity index (χ3n) is 5.01. The molecule has 2 aromatic carbocycles. The number of nitrogens with zero attached hydrogens (tertiary/aromatic N) is 2. The summed E-state index contributed by atoms with van der Waals surface area (Å²) >= 11 is 1.31. The van der Waals surface area contributed by atoms with Crippen LogP contribution in [0.3, 0.4) is 0 Å². The lowest BCUT2D eigenvalue weighted by Crippen LogP contribution is -2.14. The molecule has 0 aliphatic rings. The molecule has 0 spiro atoms. The highest BCUT2D eigenvalue weighted by Gasteiger charge is 2.22. The minimum absolute atomic E-state index is 0.00675. The molecule has 11 heteroatoms. The Morgan fingerprint density at radius 3 is 2.46 bits per heavy atom. The zero-order valence-corrected chi connectivity index (χ0v) is 18.7. The fourth-order valence-electron chi connectivity index (χ4n) is 3.39. The van der Waals surface area contributed by atoms with Gasteiger partial charge in [0.1, 0.15) is 5.69 Å². The largest absolute Gasteiger partial charge is 0.504 e. The fourth-order valence-corrected chi connectivity index (χ4v) is 4.43. The molecule has 0 bridgehead atoms. The molecule has 2 aromatic heterocycles. The molecule has 0 unspecified atom stereocenters. The van der Waals surface area contributed by atoms with Gasteiger partial charge in [0.15, 0.2) is 5.75 Å². The summed E-state index contributed by atoms with van der Waals surface area (Å²) in [4.78, 5) is 39.8. The normalized spacial score (nSPS) is 10.6. The Hall–Kier alpha value is -4.77. The Bertz CT molecular complexity index is 1470. The number of nitro benzene ring substituents is 1. The van der Waals surface area contributed by atoms with Gasteiger partial charge in [0.2, 0.25) is 5.75 Å². The number of thiophene rings is 1. The molecule has 4 N–H and O–H groups in total. The van der Waals surface area contributed by atoms with Crippen molar-refractivity contribution < 1.29 is 29.8 Å². The summed E-state index contributed by atoms with van der Waals surface area (Å²) in [5.74, 6) is -3.09. The van der Waals surface area contributed by atoms with E-state index in [1.807, 2.05) is 0 Å². The van der Waals surface area contributed by atoms with E-state index in [0.717, 1.165) is 10.9 Å². The number of phenolic OH excluding ortho intramolecular Hbond substituents is 2. The highest BCUT2D eigenvalue weighted by Crippen LogP contribution is 2.42. The number of carbonyl (C=O) groups excluding carboxylic acids is 1. The zero-order chi connectivity index (χ0) is 25.1. The second-order valence-electron chi connectivity index (χ2n) is 7.33. The van der Waals surface area contributed by atoms with Gasteiger partial charge in [0.25, 0.3) is 5.91 Å².